The van der Waals surface area contributed by atoms with E-state index in [2.05, 4.69) is 12.2 Å². The molecule has 1 heterocycles. The summed E-state index contributed by atoms with van der Waals surface area (Å²) in [6.07, 6.45) is 3.75. The van der Waals surface area contributed by atoms with Crippen molar-refractivity contribution in [3.63, 3.8) is 0 Å². The van der Waals surface area contributed by atoms with Gasteiger partial charge in [0.25, 0.3) is 0 Å². The summed E-state index contributed by atoms with van der Waals surface area (Å²) in [6.45, 7) is 6.18. The normalized spacial score (nSPS) is 22.5. The molecule has 2 atom stereocenters. The van der Waals surface area contributed by atoms with Crippen molar-refractivity contribution in [2.45, 2.75) is 38.3 Å². The van der Waals surface area contributed by atoms with Gasteiger partial charge in [-0.25, -0.2) is 0 Å². The largest absolute Gasteiger partial charge is 0.383 e. The van der Waals surface area contributed by atoms with Gasteiger partial charge in [0.2, 0.25) is 0 Å². The van der Waals surface area contributed by atoms with Crippen LogP contribution in [0.25, 0.3) is 0 Å². The first-order valence-electron chi connectivity index (χ1n) is 6.28. The molecule has 4 heteroatoms. The second kappa shape index (κ2) is 8.93. The number of nitrogens with one attached hydrogen (secondary N) is 1. The maximum absolute atomic E-state index is 5.66. The second-order valence-electron chi connectivity index (χ2n) is 4.28. The predicted molar refractivity (Wildman–Crippen MR) is 63.8 cm³/mol. The van der Waals surface area contributed by atoms with Gasteiger partial charge in [-0.1, -0.05) is 6.92 Å². The molecular weight excluding hydrogens is 206 g/mol. The van der Waals surface area contributed by atoms with E-state index in [0.29, 0.717) is 32.0 Å². The van der Waals surface area contributed by atoms with Crippen LogP contribution in [0.2, 0.25) is 0 Å². The maximum atomic E-state index is 5.66. The molecule has 0 saturated carbocycles. The standard InChI is InChI=1S/C12H25NO3/c1-3-6-13-11(8-14-2)9-15-10-12-5-4-7-16-12/h11-13H,3-10H2,1-2H3. The summed E-state index contributed by atoms with van der Waals surface area (Å²) in [6, 6.07) is 0.298. The highest BCUT2D eigenvalue weighted by Gasteiger charge is 2.16. The Bertz CT molecular complexity index is 160. The fourth-order valence-electron chi connectivity index (χ4n) is 1.83. The second-order valence-corrected chi connectivity index (χ2v) is 4.28. The van der Waals surface area contributed by atoms with E-state index in [-0.39, 0.29) is 0 Å². The molecule has 0 spiro atoms. The quantitative estimate of drug-likeness (QED) is 0.647. The van der Waals surface area contributed by atoms with Crippen molar-refractivity contribution in [1.82, 2.24) is 5.32 Å². The Morgan fingerprint density at radius 3 is 2.94 bits per heavy atom. The van der Waals surface area contributed by atoms with Crippen LogP contribution in [0.15, 0.2) is 0 Å². The van der Waals surface area contributed by atoms with Crippen molar-refractivity contribution in [2.24, 2.45) is 0 Å². The molecule has 1 fully saturated rings. The fourth-order valence-corrected chi connectivity index (χ4v) is 1.83. The van der Waals surface area contributed by atoms with Crippen molar-refractivity contribution in [3.05, 3.63) is 0 Å². The molecule has 1 rings (SSSR count). The van der Waals surface area contributed by atoms with Crippen LogP contribution in [-0.2, 0) is 14.2 Å². The molecule has 1 saturated heterocycles. The molecule has 1 aliphatic heterocycles. The highest BCUT2D eigenvalue weighted by atomic mass is 16.5. The third-order valence-electron chi connectivity index (χ3n) is 2.70. The van der Waals surface area contributed by atoms with Gasteiger partial charge in [-0.05, 0) is 25.8 Å². The average Bonchev–Trinajstić information content (AvgIpc) is 2.79. The first-order valence-corrected chi connectivity index (χ1v) is 6.28. The summed E-state index contributed by atoms with van der Waals surface area (Å²) in [5, 5.41) is 3.40. The van der Waals surface area contributed by atoms with Crippen LogP contribution in [0.5, 0.6) is 0 Å². The molecule has 2 unspecified atom stereocenters. The van der Waals surface area contributed by atoms with Crippen molar-refractivity contribution in [3.8, 4) is 0 Å². The van der Waals surface area contributed by atoms with Crippen LogP contribution in [0.4, 0.5) is 0 Å². The lowest BCUT2D eigenvalue weighted by Gasteiger charge is -2.18. The third-order valence-corrected chi connectivity index (χ3v) is 2.70. The van der Waals surface area contributed by atoms with E-state index in [1.54, 1.807) is 7.11 Å². The van der Waals surface area contributed by atoms with E-state index in [0.717, 1.165) is 26.0 Å². The van der Waals surface area contributed by atoms with Gasteiger partial charge in [-0.15, -0.1) is 0 Å². The first-order chi connectivity index (χ1) is 7.86. The minimum absolute atomic E-state index is 0.298. The van der Waals surface area contributed by atoms with Crippen LogP contribution in [0, 0.1) is 0 Å². The number of hydrogen-bond donors (Lipinski definition) is 1. The van der Waals surface area contributed by atoms with Gasteiger partial charge >= 0.3 is 0 Å². The minimum Gasteiger partial charge on any atom is -0.383 e. The van der Waals surface area contributed by atoms with Crippen molar-refractivity contribution in [2.75, 3.05) is 40.1 Å². The zero-order chi connectivity index (χ0) is 11.6. The van der Waals surface area contributed by atoms with Crippen LogP contribution < -0.4 is 5.32 Å². The van der Waals surface area contributed by atoms with E-state index in [1.807, 2.05) is 0 Å². The van der Waals surface area contributed by atoms with E-state index in [1.165, 1.54) is 6.42 Å². The number of rotatable bonds is 9. The maximum Gasteiger partial charge on any atom is 0.0809 e. The first kappa shape index (κ1) is 13.9. The molecule has 0 aromatic heterocycles. The summed E-state index contributed by atoms with van der Waals surface area (Å²) >= 11 is 0. The Morgan fingerprint density at radius 1 is 1.44 bits per heavy atom. The summed E-state index contributed by atoms with van der Waals surface area (Å²) < 4.78 is 16.3. The van der Waals surface area contributed by atoms with Crippen LogP contribution in [0.3, 0.4) is 0 Å². The Labute approximate surface area is 98.6 Å². The van der Waals surface area contributed by atoms with E-state index >= 15 is 0 Å². The van der Waals surface area contributed by atoms with Gasteiger partial charge in [0.15, 0.2) is 0 Å². The zero-order valence-corrected chi connectivity index (χ0v) is 10.5. The molecule has 96 valence electrons. The topological polar surface area (TPSA) is 39.7 Å². The summed E-state index contributed by atoms with van der Waals surface area (Å²) in [5.41, 5.74) is 0. The molecule has 0 amide bonds. The van der Waals surface area contributed by atoms with Crippen molar-refractivity contribution < 1.29 is 14.2 Å². The lowest BCUT2D eigenvalue weighted by Crippen LogP contribution is -2.38. The van der Waals surface area contributed by atoms with E-state index < -0.39 is 0 Å². The monoisotopic (exact) mass is 231 g/mol. The minimum atomic E-state index is 0.298. The molecule has 1 N–H and O–H groups in total. The Hall–Kier alpha value is -0.160. The molecule has 16 heavy (non-hydrogen) atoms. The third kappa shape index (κ3) is 5.80. The number of ether oxygens (including phenoxy) is 3. The molecular formula is C12H25NO3. The fraction of sp³-hybridized carbons (Fsp3) is 1.00. The molecule has 0 aromatic carbocycles. The Morgan fingerprint density at radius 2 is 2.31 bits per heavy atom. The number of hydrogen-bond acceptors (Lipinski definition) is 4. The molecule has 0 radical (unpaired) electrons. The molecule has 0 aliphatic carbocycles. The van der Waals surface area contributed by atoms with Gasteiger partial charge in [0, 0.05) is 13.7 Å². The van der Waals surface area contributed by atoms with Gasteiger partial charge in [-0.2, -0.15) is 0 Å². The van der Waals surface area contributed by atoms with Crippen LogP contribution in [-0.4, -0.2) is 52.2 Å². The lowest BCUT2D eigenvalue weighted by molar-refractivity contribution is 0.00224. The smallest absolute Gasteiger partial charge is 0.0809 e. The highest BCUT2D eigenvalue weighted by Crippen LogP contribution is 2.11. The summed E-state index contributed by atoms with van der Waals surface area (Å²) in [4.78, 5) is 0. The molecule has 1 aliphatic rings. The Kier molecular flexibility index (Phi) is 7.76. The zero-order valence-electron chi connectivity index (χ0n) is 10.5. The van der Waals surface area contributed by atoms with Crippen molar-refractivity contribution in [1.29, 1.82) is 0 Å². The summed E-state index contributed by atoms with van der Waals surface area (Å²) in [7, 11) is 1.72. The predicted octanol–water partition coefficient (Wildman–Crippen LogP) is 1.20. The lowest BCUT2D eigenvalue weighted by atomic mass is 10.2. The molecule has 4 nitrogen and oxygen atoms in total. The highest BCUT2D eigenvalue weighted by molar-refractivity contribution is 4.67. The van der Waals surface area contributed by atoms with Gasteiger partial charge in [0.1, 0.15) is 0 Å². The molecule has 0 aromatic rings. The van der Waals surface area contributed by atoms with Gasteiger partial charge < -0.3 is 19.5 Å². The van der Waals surface area contributed by atoms with Gasteiger partial charge in [-0.3, -0.25) is 0 Å². The van der Waals surface area contributed by atoms with E-state index in [4.69, 9.17) is 14.2 Å². The van der Waals surface area contributed by atoms with Crippen LogP contribution >= 0.6 is 0 Å². The molecule has 0 bridgehead atoms. The van der Waals surface area contributed by atoms with Crippen molar-refractivity contribution >= 4 is 0 Å². The Balaban J connectivity index is 2.05. The van der Waals surface area contributed by atoms with Gasteiger partial charge in [0.05, 0.1) is 32.0 Å². The van der Waals surface area contributed by atoms with E-state index in [9.17, 15) is 0 Å². The average molecular weight is 231 g/mol. The number of methoxy groups -OCH3 is 1. The summed E-state index contributed by atoms with van der Waals surface area (Å²) in [5.74, 6) is 0. The van der Waals surface area contributed by atoms with Crippen LogP contribution in [0.1, 0.15) is 26.2 Å². The SMILES string of the molecule is CCCNC(COC)COCC1CCCO1.